The van der Waals surface area contributed by atoms with Gasteiger partial charge in [0.2, 0.25) is 11.7 Å². The van der Waals surface area contributed by atoms with Crippen molar-refractivity contribution in [3.8, 4) is 0 Å². The number of hydrogen-bond donors (Lipinski definition) is 1. The molecule has 0 bridgehead atoms. The van der Waals surface area contributed by atoms with Gasteiger partial charge in [-0.3, -0.25) is 14.5 Å². The Bertz CT molecular complexity index is 542. The molecule has 2 N–H and O–H groups in total. The second kappa shape index (κ2) is 7.10. The van der Waals surface area contributed by atoms with Crippen LogP contribution in [0.3, 0.4) is 0 Å². The first-order valence-electron chi connectivity index (χ1n) is 7.94. The van der Waals surface area contributed by atoms with E-state index in [0.29, 0.717) is 32.2 Å². The van der Waals surface area contributed by atoms with Gasteiger partial charge in [-0.2, -0.15) is 0 Å². The molecule has 23 heavy (non-hydrogen) atoms. The van der Waals surface area contributed by atoms with Crippen LogP contribution in [-0.4, -0.2) is 72.0 Å². The Hall–Kier alpha value is -1.93. The Labute approximate surface area is 134 Å². The molecule has 2 fully saturated rings. The van der Waals surface area contributed by atoms with E-state index < -0.39 is 0 Å². The molecule has 2 aliphatic heterocycles. The fraction of sp³-hybridized carbons (Fsp3) is 0.667. The average molecular weight is 322 g/mol. The molecule has 126 valence electrons. The summed E-state index contributed by atoms with van der Waals surface area (Å²) in [5.41, 5.74) is 5.55. The predicted octanol–water partition coefficient (Wildman–Crippen LogP) is -0.287. The Morgan fingerprint density at radius 1 is 1.22 bits per heavy atom. The van der Waals surface area contributed by atoms with Crippen LogP contribution < -0.4 is 5.73 Å². The van der Waals surface area contributed by atoms with E-state index in [1.807, 2.05) is 0 Å². The van der Waals surface area contributed by atoms with Crippen LogP contribution in [0.4, 0.5) is 0 Å². The van der Waals surface area contributed by atoms with E-state index in [1.165, 1.54) is 12.6 Å². The third-order valence-corrected chi connectivity index (χ3v) is 4.59. The monoisotopic (exact) mass is 322 g/mol. The number of ether oxygens (including phenoxy) is 1. The lowest BCUT2D eigenvalue weighted by molar-refractivity contribution is -0.122. The zero-order valence-corrected chi connectivity index (χ0v) is 13.0. The van der Waals surface area contributed by atoms with Gasteiger partial charge < -0.3 is 19.8 Å². The molecule has 8 nitrogen and oxygen atoms in total. The minimum Gasteiger partial charge on any atom is -0.438 e. The highest BCUT2D eigenvalue weighted by atomic mass is 16.5. The van der Waals surface area contributed by atoms with Gasteiger partial charge in [0.15, 0.2) is 6.39 Å². The van der Waals surface area contributed by atoms with Gasteiger partial charge in [-0.05, 0) is 12.8 Å². The summed E-state index contributed by atoms with van der Waals surface area (Å²) in [6.07, 6.45) is 4.51. The predicted molar refractivity (Wildman–Crippen MR) is 80.5 cm³/mol. The van der Waals surface area contributed by atoms with Crippen molar-refractivity contribution in [2.75, 3.05) is 39.4 Å². The first kappa shape index (κ1) is 15.9. The van der Waals surface area contributed by atoms with Gasteiger partial charge in [0, 0.05) is 45.4 Å². The zero-order valence-electron chi connectivity index (χ0n) is 13.0. The quantitative estimate of drug-likeness (QED) is 0.821. The van der Waals surface area contributed by atoms with Crippen molar-refractivity contribution in [3.05, 3.63) is 18.4 Å². The van der Waals surface area contributed by atoms with E-state index in [1.54, 1.807) is 4.90 Å². The number of hydrogen-bond acceptors (Lipinski definition) is 6. The molecule has 3 heterocycles. The van der Waals surface area contributed by atoms with Crippen LogP contribution in [0, 0.1) is 5.92 Å². The molecule has 2 saturated heterocycles. The van der Waals surface area contributed by atoms with Crippen LogP contribution in [0.25, 0.3) is 0 Å². The molecule has 3 rings (SSSR count). The Morgan fingerprint density at radius 3 is 2.65 bits per heavy atom. The van der Waals surface area contributed by atoms with Gasteiger partial charge in [0.25, 0.3) is 5.91 Å². The molecule has 2 aliphatic rings. The van der Waals surface area contributed by atoms with Gasteiger partial charge in [-0.25, -0.2) is 4.98 Å². The van der Waals surface area contributed by atoms with Gasteiger partial charge >= 0.3 is 0 Å². The summed E-state index contributed by atoms with van der Waals surface area (Å²) in [4.78, 5) is 31.9. The summed E-state index contributed by atoms with van der Waals surface area (Å²) in [5.74, 6) is -0.818. The molecule has 0 unspecified atom stereocenters. The van der Waals surface area contributed by atoms with E-state index in [9.17, 15) is 9.59 Å². The van der Waals surface area contributed by atoms with E-state index in [2.05, 4.69) is 9.88 Å². The molecule has 0 aromatic carbocycles. The number of nitrogens with two attached hydrogens (primary N) is 1. The lowest BCUT2D eigenvalue weighted by Crippen LogP contribution is -2.44. The third-order valence-electron chi connectivity index (χ3n) is 4.59. The van der Waals surface area contributed by atoms with Crippen molar-refractivity contribution in [1.29, 1.82) is 0 Å². The largest absolute Gasteiger partial charge is 0.438 e. The minimum absolute atomic E-state index is 0.188. The van der Waals surface area contributed by atoms with Crippen molar-refractivity contribution in [2.24, 2.45) is 11.7 Å². The molecule has 0 spiro atoms. The molecule has 0 radical (unpaired) electrons. The second-order valence-corrected chi connectivity index (χ2v) is 6.05. The van der Waals surface area contributed by atoms with E-state index in [4.69, 9.17) is 14.9 Å². The number of carbonyl (C=O) groups is 2. The van der Waals surface area contributed by atoms with E-state index >= 15 is 0 Å². The number of oxazole rings is 1. The molecule has 1 atom stereocenters. The van der Waals surface area contributed by atoms with Crippen LogP contribution >= 0.6 is 0 Å². The average Bonchev–Trinajstić information content (AvgIpc) is 3.00. The SMILES string of the molecule is NC(=O)[C@@H]1CN(C(=O)c2cnco2)CCN(C2CCOCC2)C1. The van der Waals surface area contributed by atoms with Crippen LogP contribution in [0.15, 0.2) is 17.0 Å². The molecule has 2 amide bonds. The maximum Gasteiger partial charge on any atom is 0.291 e. The number of aromatic nitrogens is 1. The van der Waals surface area contributed by atoms with Crippen molar-refractivity contribution < 1.29 is 18.7 Å². The smallest absolute Gasteiger partial charge is 0.291 e. The molecule has 1 aromatic rings. The van der Waals surface area contributed by atoms with Crippen molar-refractivity contribution in [2.45, 2.75) is 18.9 Å². The fourth-order valence-electron chi connectivity index (χ4n) is 3.26. The van der Waals surface area contributed by atoms with E-state index in [0.717, 1.165) is 26.1 Å². The first-order valence-corrected chi connectivity index (χ1v) is 7.94. The number of primary amides is 1. The number of amides is 2. The van der Waals surface area contributed by atoms with E-state index in [-0.39, 0.29) is 23.5 Å². The van der Waals surface area contributed by atoms with Crippen molar-refractivity contribution in [1.82, 2.24) is 14.8 Å². The Balaban J connectivity index is 1.72. The zero-order chi connectivity index (χ0) is 16.2. The maximum absolute atomic E-state index is 12.5. The van der Waals surface area contributed by atoms with Gasteiger partial charge in [-0.15, -0.1) is 0 Å². The molecule has 0 saturated carbocycles. The summed E-state index contributed by atoms with van der Waals surface area (Å²) in [6.45, 7) is 3.63. The summed E-state index contributed by atoms with van der Waals surface area (Å²) in [5, 5.41) is 0. The van der Waals surface area contributed by atoms with Gasteiger partial charge in [0.1, 0.15) is 0 Å². The van der Waals surface area contributed by atoms with Gasteiger partial charge in [-0.1, -0.05) is 0 Å². The highest BCUT2D eigenvalue weighted by Crippen LogP contribution is 2.20. The van der Waals surface area contributed by atoms with Crippen LogP contribution in [0.1, 0.15) is 23.4 Å². The lowest BCUT2D eigenvalue weighted by Gasteiger charge is -2.34. The Kier molecular flexibility index (Phi) is 4.92. The summed E-state index contributed by atoms with van der Waals surface area (Å²) < 4.78 is 10.5. The number of carbonyl (C=O) groups excluding carboxylic acids is 2. The first-order chi connectivity index (χ1) is 11.1. The minimum atomic E-state index is -0.382. The number of rotatable bonds is 3. The van der Waals surface area contributed by atoms with Crippen molar-refractivity contribution >= 4 is 11.8 Å². The third kappa shape index (κ3) is 3.70. The van der Waals surface area contributed by atoms with Crippen molar-refractivity contribution in [3.63, 3.8) is 0 Å². The summed E-state index contributed by atoms with van der Waals surface area (Å²) in [6, 6.07) is 0.380. The molecule has 1 aromatic heterocycles. The Morgan fingerprint density at radius 2 is 2.00 bits per heavy atom. The number of nitrogens with zero attached hydrogens (tertiary/aromatic N) is 3. The van der Waals surface area contributed by atoms with Gasteiger partial charge in [0.05, 0.1) is 12.1 Å². The highest BCUT2D eigenvalue weighted by Gasteiger charge is 2.33. The molecular formula is C15H22N4O4. The molecule has 0 aliphatic carbocycles. The summed E-state index contributed by atoms with van der Waals surface area (Å²) in [7, 11) is 0. The fourth-order valence-corrected chi connectivity index (χ4v) is 3.26. The normalized spacial score (nSPS) is 24.3. The molecule has 8 heteroatoms. The van der Waals surface area contributed by atoms with Crippen LogP contribution in [-0.2, 0) is 9.53 Å². The highest BCUT2D eigenvalue weighted by molar-refractivity contribution is 5.91. The lowest BCUT2D eigenvalue weighted by atomic mass is 10.0. The maximum atomic E-state index is 12.5. The summed E-state index contributed by atoms with van der Waals surface area (Å²) >= 11 is 0. The topological polar surface area (TPSA) is 102 Å². The van der Waals surface area contributed by atoms with Crippen LogP contribution in [0.2, 0.25) is 0 Å². The molecular weight excluding hydrogens is 300 g/mol. The standard InChI is InChI=1S/C15H22N4O4/c16-14(20)11-8-18(12-1-5-22-6-2-12)3-4-19(9-11)15(21)13-7-17-10-23-13/h7,10-12H,1-6,8-9H2,(H2,16,20)/t11-/m0/s1. The van der Waals surface area contributed by atoms with Crippen LogP contribution in [0.5, 0.6) is 0 Å². The second-order valence-electron chi connectivity index (χ2n) is 6.05.